The van der Waals surface area contributed by atoms with Gasteiger partial charge in [0.15, 0.2) is 0 Å². The van der Waals surface area contributed by atoms with Gasteiger partial charge in [-0.3, -0.25) is 4.79 Å². The molecule has 0 spiro atoms. The van der Waals surface area contributed by atoms with Crippen molar-refractivity contribution in [3.63, 3.8) is 0 Å². The number of likely N-dealkylation sites (N-methyl/N-ethyl adjacent to an activating group) is 1. The second-order valence-corrected chi connectivity index (χ2v) is 3.30. The number of benzene rings is 1. The van der Waals surface area contributed by atoms with Crippen molar-refractivity contribution in [2.75, 3.05) is 11.9 Å². The van der Waals surface area contributed by atoms with Gasteiger partial charge in [0.05, 0.1) is 0 Å². The van der Waals surface area contributed by atoms with Crippen LogP contribution in [0.25, 0.3) is 0 Å². The Morgan fingerprint density at radius 2 is 1.88 bits per heavy atom. The first-order valence-electron chi connectivity index (χ1n) is 5.01. The van der Waals surface area contributed by atoms with Crippen molar-refractivity contribution in [3.05, 3.63) is 48.6 Å². The molecule has 16 heavy (non-hydrogen) atoms. The molecule has 3 nitrogen and oxygen atoms in total. The van der Waals surface area contributed by atoms with Gasteiger partial charge in [0.1, 0.15) is 5.75 Å². The van der Waals surface area contributed by atoms with Crippen molar-refractivity contribution < 1.29 is 9.90 Å². The summed E-state index contributed by atoms with van der Waals surface area (Å²) in [6, 6.07) is 6.48. The molecule has 0 aliphatic heterocycles. The van der Waals surface area contributed by atoms with Crippen LogP contribution in [0.4, 0.5) is 5.69 Å². The largest absolute Gasteiger partial charge is 0.508 e. The van der Waals surface area contributed by atoms with Gasteiger partial charge in [-0.15, -0.1) is 0 Å². The summed E-state index contributed by atoms with van der Waals surface area (Å²) >= 11 is 0. The first-order chi connectivity index (χ1) is 7.65. The summed E-state index contributed by atoms with van der Waals surface area (Å²) in [6.45, 7) is 1.89. The molecule has 1 rings (SSSR count). The summed E-state index contributed by atoms with van der Waals surface area (Å²) in [5.74, 6) is 0.0813. The Labute approximate surface area is 95.3 Å². The SMILES string of the molecule is C/C=C/C=C/C(=O)N(C)c1ccc(O)cc1. The van der Waals surface area contributed by atoms with E-state index in [9.17, 15) is 4.79 Å². The minimum atomic E-state index is -0.108. The van der Waals surface area contributed by atoms with Crippen molar-refractivity contribution in [2.24, 2.45) is 0 Å². The standard InChI is InChI=1S/C13H15NO2/c1-3-4-5-6-13(16)14(2)11-7-9-12(15)10-8-11/h3-10,15H,1-2H3/b4-3+,6-5+. The fraction of sp³-hybridized carbons (Fsp3) is 0.154. The molecule has 1 N–H and O–H groups in total. The van der Waals surface area contributed by atoms with E-state index >= 15 is 0 Å². The molecule has 0 saturated heterocycles. The molecule has 0 heterocycles. The van der Waals surface area contributed by atoms with E-state index in [1.807, 2.05) is 13.0 Å². The third-order valence-electron chi connectivity index (χ3n) is 2.11. The number of anilines is 1. The predicted molar refractivity (Wildman–Crippen MR) is 65.5 cm³/mol. The van der Waals surface area contributed by atoms with Crippen LogP contribution in [-0.2, 0) is 4.79 Å². The Balaban J connectivity index is 2.74. The van der Waals surface area contributed by atoms with E-state index in [0.717, 1.165) is 5.69 Å². The molecule has 0 fully saturated rings. The number of hydrogen-bond acceptors (Lipinski definition) is 2. The van der Waals surface area contributed by atoms with Gasteiger partial charge in [0, 0.05) is 18.8 Å². The number of carbonyl (C=O) groups excluding carboxylic acids is 1. The van der Waals surface area contributed by atoms with Gasteiger partial charge in [-0.1, -0.05) is 18.2 Å². The van der Waals surface area contributed by atoms with Gasteiger partial charge in [-0.2, -0.15) is 0 Å². The highest BCUT2D eigenvalue weighted by Gasteiger charge is 2.06. The lowest BCUT2D eigenvalue weighted by atomic mass is 10.2. The number of nitrogens with zero attached hydrogens (tertiary/aromatic N) is 1. The van der Waals surface area contributed by atoms with Crippen LogP contribution < -0.4 is 4.90 Å². The Morgan fingerprint density at radius 3 is 2.44 bits per heavy atom. The number of rotatable bonds is 3. The molecule has 0 aliphatic carbocycles. The minimum Gasteiger partial charge on any atom is -0.508 e. The number of amides is 1. The fourth-order valence-corrected chi connectivity index (χ4v) is 1.16. The van der Waals surface area contributed by atoms with Gasteiger partial charge in [-0.25, -0.2) is 0 Å². The average molecular weight is 217 g/mol. The highest BCUT2D eigenvalue weighted by molar-refractivity contribution is 6.01. The summed E-state index contributed by atoms with van der Waals surface area (Å²) in [4.78, 5) is 13.2. The Kier molecular flexibility index (Phi) is 4.33. The zero-order valence-electron chi connectivity index (χ0n) is 9.42. The first kappa shape index (κ1) is 12.0. The van der Waals surface area contributed by atoms with Gasteiger partial charge < -0.3 is 10.0 Å². The van der Waals surface area contributed by atoms with Crippen LogP contribution in [0, 0.1) is 0 Å². The Hall–Kier alpha value is -2.03. The number of phenolic OH excluding ortho intramolecular Hbond substituents is 1. The molecular formula is C13H15NO2. The molecule has 1 aromatic carbocycles. The van der Waals surface area contributed by atoms with Crippen LogP contribution in [0.15, 0.2) is 48.6 Å². The number of allylic oxidation sites excluding steroid dienone is 3. The normalized spacial score (nSPS) is 11.1. The highest BCUT2D eigenvalue weighted by atomic mass is 16.3. The average Bonchev–Trinajstić information content (AvgIpc) is 2.29. The lowest BCUT2D eigenvalue weighted by Crippen LogP contribution is -2.23. The second kappa shape index (κ2) is 5.75. The van der Waals surface area contributed by atoms with Crippen molar-refractivity contribution in [1.29, 1.82) is 0 Å². The van der Waals surface area contributed by atoms with Crippen LogP contribution in [-0.4, -0.2) is 18.1 Å². The second-order valence-electron chi connectivity index (χ2n) is 3.30. The number of hydrogen-bond donors (Lipinski definition) is 1. The molecule has 0 atom stereocenters. The molecular weight excluding hydrogens is 202 g/mol. The summed E-state index contributed by atoms with van der Waals surface area (Å²) in [5, 5.41) is 9.12. The van der Waals surface area contributed by atoms with Crippen LogP contribution in [0.2, 0.25) is 0 Å². The summed E-state index contributed by atoms with van der Waals surface area (Å²) in [7, 11) is 1.69. The van der Waals surface area contributed by atoms with Gasteiger partial charge >= 0.3 is 0 Å². The molecule has 1 aromatic rings. The van der Waals surface area contributed by atoms with E-state index < -0.39 is 0 Å². The number of carbonyl (C=O) groups is 1. The zero-order chi connectivity index (χ0) is 12.0. The predicted octanol–water partition coefficient (Wildman–Crippen LogP) is 2.49. The quantitative estimate of drug-likeness (QED) is 0.624. The van der Waals surface area contributed by atoms with Crippen LogP contribution in [0.1, 0.15) is 6.92 Å². The van der Waals surface area contributed by atoms with Gasteiger partial charge in [-0.05, 0) is 31.2 Å². The molecule has 0 radical (unpaired) electrons. The molecule has 0 aliphatic rings. The molecule has 3 heteroatoms. The molecule has 0 saturated carbocycles. The molecule has 84 valence electrons. The van der Waals surface area contributed by atoms with Crippen molar-refractivity contribution in [3.8, 4) is 5.75 Å². The van der Waals surface area contributed by atoms with E-state index in [4.69, 9.17) is 5.11 Å². The van der Waals surface area contributed by atoms with E-state index in [2.05, 4.69) is 0 Å². The lowest BCUT2D eigenvalue weighted by molar-refractivity contribution is -0.113. The van der Waals surface area contributed by atoms with E-state index in [0.29, 0.717) is 0 Å². The maximum Gasteiger partial charge on any atom is 0.250 e. The van der Waals surface area contributed by atoms with Crippen molar-refractivity contribution in [2.45, 2.75) is 6.92 Å². The smallest absolute Gasteiger partial charge is 0.250 e. The third-order valence-corrected chi connectivity index (χ3v) is 2.11. The molecule has 1 amide bonds. The lowest BCUT2D eigenvalue weighted by Gasteiger charge is -2.14. The maximum absolute atomic E-state index is 11.6. The maximum atomic E-state index is 11.6. The Bertz CT molecular complexity index is 404. The first-order valence-corrected chi connectivity index (χ1v) is 5.01. The van der Waals surface area contributed by atoms with Crippen LogP contribution in [0.5, 0.6) is 5.75 Å². The molecule has 0 bridgehead atoms. The van der Waals surface area contributed by atoms with Crippen LogP contribution in [0.3, 0.4) is 0 Å². The summed E-state index contributed by atoms with van der Waals surface area (Å²) in [6.07, 6.45) is 6.83. The van der Waals surface area contributed by atoms with Crippen molar-refractivity contribution in [1.82, 2.24) is 0 Å². The monoisotopic (exact) mass is 217 g/mol. The number of aromatic hydroxyl groups is 1. The summed E-state index contributed by atoms with van der Waals surface area (Å²) < 4.78 is 0. The highest BCUT2D eigenvalue weighted by Crippen LogP contribution is 2.17. The third kappa shape index (κ3) is 3.28. The minimum absolute atomic E-state index is 0.108. The van der Waals surface area contributed by atoms with Gasteiger partial charge in [0.2, 0.25) is 0 Å². The topological polar surface area (TPSA) is 40.5 Å². The van der Waals surface area contributed by atoms with E-state index in [1.54, 1.807) is 43.5 Å². The van der Waals surface area contributed by atoms with Crippen molar-refractivity contribution >= 4 is 11.6 Å². The zero-order valence-corrected chi connectivity index (χ0v) is 9.42. The van der Waals surface area contributed by atoms with Gasteiger partial charge in [0.25, 0.3) is 5.91 Å². The van der Waals surface area contributed by atoms with E-state index in [-0.39, 0.29) is 11.7 Å². The molecule has 0 unspecified atom stereocenters. The fourth-order valence-electron chi connectivity index (χ4n) is 1.16. The van der Waals surface area contributed by atoms with Crippen LogP contribution >= 0.6 is 0 Å². The number of phenols is 1. The Morgan fingerprint density at radius 1 is 1.25 bits per heavy atom. The molecule has 0 aromatic heterocycles. The van der Waals surface area contributed by atoms with E-state index in [1.165, 1.54) is 11.0 Å². The summed E-state index contributed by atoms with van der Waals surface area (Å²) in [5.41, 5.74) is 0.743.